The summed E-state index contributed by atoms with van der Waals surface area (Å²) >= 11 is 4.24. The number of nitrogens with zero attached hydrogens (tertiary/aromatic N) is 2. The number of amides is 1. The minimum Gasteiger partial charge on any atom is -0.459 e. The van der Waals surface area contributed by atoms with Gasteiger partial charge in [-0.1, -0.05) is 30.0 Å². The van der Waals surface area contributed by atoms with E-state index in [0.717, 1.165) is 29.2 Å². The smallest absolute Gasteiger partial charge is 0.341 e. The second-order valence-electron chi connectivity index (χ2n) is 6.55. The third-order valence-corrected chi connectivity index (χ3v) is 7.01. The summed E-state index contributed by atoms with van der Waals surface area (Å²) in [4.78, 5) is 26.2. The number of ether oxygens (including phenoxy) is 1. The van der Waals surface area contributed by atoms with Crippen LogP contribution in [0, 0.1) is 5.92 Å². The van der Waals surface area contributed by atoms with Crippen molar-refractivity contribution in [2.24, 2.45) is 5.92 Å². The zero-order chi connectivity index (χ0) is 18.7. The molecule has 1 unspecified atom stereocenters. The molecule has 2 heterocycles. The van der Waals surface area contributed by atoms with Gasteiger partial charge in [-0.05, 0) is 44.6 Å². The summed E-state index contributed by atoms with van der Waals surface area (Å²) in [6, 6.07) is 0. The van der Waals surface area contributed by atoms with Crippen molar-refractivity contribution in [1.82, 2.24) is 10.2 Å². The molecule has 9 heteroatoms. The molecule has 0 aromatic carbocycles. The average Bonchev–Trinajstić information content (AvgIpc) is 3.18. The van der Waals surface area contributed by atoms with Crippen LogP contribution in [0.5, 0.6) is 0 Å². The van der Waals surface area contributed by atoms with Crippen LogP contribution < -0.4 is 5.32 Å². The third kappa shape index (κ3) is 4.63. The van der Waals surface area contributed by atoms with E-state index >= 15 is 0 Å². The summed E-state index contributed by atoms with van der Waals surface area (Å²) in [7, 11) is 0. The molecule has 2 aromatic rings. The molecule has 1 aliphatic rings. The summed E-state index contributed by atoms with van der Waals surface area (Å²) in [6.07, 6.45) is 2.64. The van der Waals surface area contributed by atoms with Crippen LogP contribution in [0.25, 0.3) is 0 Å². The van der Waals surface area contributed by atoms with Crippen LogP contribution in [0.4, 0.5) is 5.00 Å². The molecular weight excluding hydrogens is 390 g/mol. The van der Waals surface area contributed by atoms with Crippen molar-refractivity contribution in [3.63, 3.8) is 0 Å². The van der Waals surface area contributed by atoms with Crippen LogP contribution in [0.3, 0.4) is 0 Å². The number of thioether (sulfide) groups is 1. The number of hydrogen-bond donors (Lipinski definition) is 1. The Bertz CT molecular complexity index is 787. The van der Waals surface area contributed by atoms with Gasteiger partial charge in [-0.3, -0.25) is 4.79 Å². The summed E-state index contributed by atoms with van der Waals surface area (Å²) in [5.41, 5.74) is 3.22. The van der Waals surface area contributed by atoms with Gasteiger partial charge in [0.15, 0.2) is 4.34 Å². The molecule has 3 rings (SSSR count). The number of anilines is 1. The number of nitrogens with one attached hydrogen (secondary N) is 1. The first-order chi connectivity index (χ1) is 12.4. The fraction of sp³-hybridized carbons (Fsp3) is 0.529. The van der Waals surface area contributed by atoms with Crippen molar-refractivity contribution in [1.29, 1.82) is 0 Å². The van der Waals surface area contributed by atoms with Gasteiger partial charge in [0.25, 0.3) is 0 Å². The molecule has 0 saturated carbocycles. The fourth-order valence-electron chi connectivity index (χ4n) is 2.84. The normalized spacial score (nSPS) is 16.4. The standard InChI is InChI=1S/C17H21N3O3S3/c1-9(2)23-16(22)14-11-5-4-10(3)6-12(11)26-15(14)19-13(21)7-24-17-20-18-8-25-17/h8-10H,4-7H2,1-3H3,(H,19,21). The number of esters is 1. The van der Waals surface area contributed by atoms with E-state index in [9.17, 15) is 9.59 Å². The van der Waals surface area contributed by atoms with Gasteiger partial charge < -0.3 is 10.1 Å². The Kier molecular flexibility index (Phi) is 6.31. The molecule has 1 aliphatic carbocycles. The largest absolute Gasteiger partial charge is 0.459 e. The van der Waals surface area contributed by atoms with E-state index in [-0.39, 0.29) is 23.7 Å². The predicted octanol–water partition coefficient (Wildman–Crippen LogP) is 4.02. The van der Waals surface area contributed by atoms with Crippen LogP contribution in [-0.2, 0) is 22.4 Å². The van der Waals surface area contributed by atoms with Crippen LogP contribution in [-0.4, -0.2) is 33.9 Å². The van der Waals surface area contributed by atoms with Gasteiger partial charge in [0.2, 0.25) is 5.91 Å². The van der Waals surface area contributed by atoms with Gasteiger partial charge in [-0.15, -0.1) is 21.5 Å². The second-order valence-corrected chi connectivity index (χ2v) is 9.71. The van der Waals surface area contributed by atoms with E-state index in [4.69, 9.17) is 4.74 Å². The maximum Gasteiger partial charge on any atom is 0.341 e. The Morgan fingerprint density at radius 2 is 2.27 bits per heavy atom. The van der Waals surface area contributed by atoms with Gasteiger partial charge in [0.1, 0.15) is 10.5 Å². The first kappa shape index (κ1) is 19.3. The minimum atomic E-state index is -0.348. The molecule has 0 bridgehead atoms. The van der Waals surface area contributed by atoms with E-state index in [2.05, 4.69) is 22.4 Å². The Hall–Kier alpha value is -1.45. The zero-order valence-corrected chi connectivity index (χ0v) is 17.4. The molecule has 2 aromatic heterocycles. The van der Waals surface area contributed by atoms with E-state index < -0.39 is 0 Å². The highest BCUT2D eigenvalue weighted by Crippen LogP contribution is 2.40. The second kappa shape index (κ2) is 8.49. The molecule has 0 radical (unpaired) electrons. The highest BCUT2D eigenvalue weighted by atomic mass is 32.2. The average molecular weight is 412 g/mol. The SMILES string of the molecule is CC1CCc2c(sc(NC(=O)CSc3nncs3)c2C(=O)OC(C)C)C1. The summed E-state index contributed by atoms with van der Waals surface area (Å²) < 4.78 is 6.17. The summed E-state index contributed by atoms with van der Waals surface area (Å²) in [6.45, 7) is 5.87. The van der Waals surface area contributed by atoms with Crippen LogP contribution in [0.1, 0.15) is 48.0 Å². The maximum absolute atomic E-state index is 12.6. The van der Waals surface area contributed by atoms with E-state index in [1.165, 1.54) is 39.3 Å². The summed E-state index contributed by atoms with van der Waals surface area (Å²) in [5.74, 6) is 0.313. The molecule has 0 spiro atoms. The van der Waals surface area contributed by atoms with E-state index in [1.807, 2.05) is 13.8 Å². The fourth-order valence-corrected chi connectivity index (χ4v) is 5.55. The van der Waals surface area contributed by atoms with Gasteiger partial charge in [0, 0.05) is 4.88 Å². The molecule has 1 atom stereocenters. The van der Waals surface area contributed by atoms with Crippen LogP contribution in [0.15, 0.2) is 9.85 Å². The highest BCUT2D eigenvalue weighted by molar-refractivity contribution is 8.01. The number of rotatable bonds is 6. The minimum absolute atomic E-state index is 0.157. The maximum atomic E-state index is 12.6. The van der Waals surface area contributed by atoms with Gasteiger partial charge in [-0.2, -0.15) is 0 Å². The van der Waals surface area contributed by atoms with Gasteiger partial charge >= 0.3 is 5.97 Å². The number of carbonyl (C=O) groups is 2. The Morgan fingerprint density at radius 3 is 2.96 bits per heavy atom. The molecular formula is C17H21N3O3S3. The van der Waals surface area contributed by atoms with Crippen molar-refractivity contribution in [2.45, 2.75) is 50.5 Å². The molecule has 6 nitrogen and oxygen atoms in total. The number of carbonyl (C=O) groups excluding carboxylic acids is 2. The Morgan fingerprint density at radius 1 is 1.46 bits per heavy atom. The van der Waals surface area contributed by atoms with Crippen LogP contribution >= 0.6 is 34.4 Å². The lowest BCUT2D eigenvalue weighted by molar-refractivity contribution is -0.113. The highest BCUT2D eigenvalue weighted by Gasteiger charge is 2.29. The van der Waals surface area contributed by atoms with Crippen molar-refractivity contribution < 1.29 is 14.3 Å². The predicted molar refractivity (Wildman–Crippen MR) is 105 cm³/mol. The zero-order valence-electron chi connectivity index (χ0n) is 14.9. The first-order valence-electron chi connectivity index (χ1n) is 8.48. The van der Waals surface area contributed by atoms with Gasteiger partial charge in [0.05, 0.1) is 17.4 Å². The Balaban J connectivity index is 1.78. The topological polar surface area (TPSA) is 81.2 Å². The number of aromatic nitrogens is 2. The first-order valence-corrected chi connectivity index (χ1v) is 11.2. The molecule has 26 heavy (non-hydrogen) atoms. The Labute approximate surface area is 164 Å². The molecule has 0 saturated heterocycles. The number of thiophene rings is 1. The molecule has 1 amide bonds. The lowest BCUT2D eigenvalue weighted by Crippen LogP contribution is -2.19. The third-order valence-electron chi connectivity index (χ3n) is 3.98. The molecule has 140 valence electrons. The van der Waals surface area contributed by atoms with E-state index in [0.29, 0.717) is 16.5 Å². The van der Waals surface area contributed by atoms with E-state index in [1.54, 1.807) is 5.51 Å². The van der Waals surface area contributed by atoms with Crippen LogP contribution in [0.2, 0.25) is 0 Å². The molecule has 0 aliphatic heterocycles. The molecule has 0 fully saturated rings. The lowest BCUT2D eigenvalue weighted by Gasteiger charge is -2.18. The van der Waals surface area contributed by atoms with Crippen molar-refractivity contribution in [3.8, 4) is 0 Å². The monoisotopic (exact) mass is 411 g/mol. The van der Waals surface area contributed by atoms with Crippen molar-refractivity contribution >= 4 is 51.3 Å². The number of hydrogen-bond acceptors (Lipinski definition) is 8. The molecule has 1 N–H and O–H groups in total. The quantitative estimate of drug-likeness (QED) is 0.571. The summed E-state index contributed by atoms with van der Waals surface area (Å²) in [5, 5.41) is 11.2. The van der Waals surface area contributed by atoms with Crippen molar-refractivity contribution in [2.75, 3.05) is 11.1 Å². The number of fused-ring (bicyclic) bond motifs is 1. The van der Waals surface area contributed by atoms with Crippen molar-refractivity contribution in [3.05, 3.63) is 21.5 Å². The van der Waals surface area contributed by atoms with Gasteiger partial charge in [-0.25, -0.2) is 4.79 Å². The lowest BCUT2D eigenvalue weighted by atomic mass is 9.88.